The smallest absolute Gasteiger partial charge is 0.00580 e. The molecule has 1 fully saturated rings. The van der Waals surface area contributed by atoms with Crippen LogP contribution in [0.5, 0.6) is 0 Å². The highest BCUT2D eigenvalue weighted by atomic mass is 32.2. The maximum atomic E-state index is 3.54. The van der Waals surface area contributed by atoms with Gasteiger partial charge in [0.1, 0.15) is 0 Å². The summed E-state index contributed by atoms with van der Waals surface area (Å²) in [6.07, 6.45) is 4.31. The van der Waals surface area contributed by atoms with Crippen LogP contribution in [0.3, 0.4) is 0 Å². The highest BCUT2D eigenvalue weighted by Gasteiger charge is 2.30. The molecule has 0 aliphatic heterocycles. The van der Waals surface area contributed by atoms with E-state index < -0.39 is 0 Å². The van der Waals surface area contributed by atoms with Crippen molar-refractivity contribution in [2.75, 3.05) is 24.6 Å². The predicted molar refractivity (Wildman–Crippen MR) is 57.8 cm³/mol. The van der Waals surface area contributed by atoms with Gasteiger partial charge in [0.25, 0.3) is 0 Å². The van der Waals surface area contributed by atoms with Crippen LogP contribution in [0, 0.1) is 5.41 Å². The van der Waals surface area contributed by atoms with Crippen LogP contribution >= 0.6 is 11.8 Å². The first kappa shape index (κ1) is 10.4. The van der Waals surface area contributed by atoms with E-state index in [0.29, 0.717) is 5.41 Å². The third kappa shape index (κ3) is 3.36. The second-order valence-electron chi connectivity index (χ2n) is 4.04. The average Bonchev–Trinajstić information content (AvgIpc) is 2.01. The van der Waals surface area contributed by atoms with Gasteiger partial charge in [-0.05, 0) is 24.0 Å². The summed E-state index contributed by atoms with van der Waals surface area (Å²) in [6.45, 7) is 7.04. The van der Waals surface area contributed by atoms with Crippen LogP contribution in [-0.2, 0) is 0 Å². The van der Waals surface area contributed by atoms with Gasteiger partial charge < -0.3 is 5.32 Å². The molecule has 0 aromatic rings. The minimum absolute atomic E-state index is 0.650. The lowest BCUT2D eigenvalue weighted by molar-refractivity contribution is 0.158. The van der Waals surface area contributed by atoms with Crippen molar-refractivity contribution in [2.24, 2.45) is 5.41 Å². The van der Waals surface area contributed by atoms with Gasteiger partial charge in [-0.25, -0.2) is 0 Å². The Morgan fingerprint density at radius 1 is 1.42 bits per heavy atom. The van der Waals surface area contributed by atoms with Gasteiger partial charge in [0.2, 0.25) is 0 Å². The molecule has 1 nitrogen and oxygen atoms in total. The van der Waals surface area contributed by atoms with Gasteiger partial charge in [0.15, 0.2) is 0 Å². The van der Waals surface area contributed by atoms with Crippen LogP contribution in [0.2, 0.25) is 0 Å². The second kappa shape index (κ2) is 5.13. The summed E-state index contributed by atoms with van der Waals surface area (Å²) in [5, 5.41) is 3.54. The normalized spacial score (nSPS) is 20.5. The van der Waals surface area contributed by atoms with Crippen molar-refractivity contribution in [3.05, 3.63) is 0 Å². The van der Waals surface area contributed by atoms with Gasteiger partial charge in [-0.15, -0.1) is 0 Å². The van der Waals surface area contributed by atoms with Gasteiger partial charge in [-0.1, -0.05) is 20.3 Å². The first-order valence-electron chi connectivity index (χ1n) is 5.05. The Balaban J connectivity index is 1.88. The molecular formula is C10H21NS. The van der Waals surface area contributed by atoms with E-state index in [0.717, 1.165) is 0 Å². The van der Waals surface area contributed by atoms with E-state index in [4.69, 9.17) is 0 Å². The highest BCUT2D eigenvalue weighted by Crippen LogP contribution is 2.39. The number of hydrogen-bond acceptors (Lipinski definition) is 2. The van der Waals surface area contributed by atoms with Gasteiger partial charge in [-0.2, -0.15) is 11.8 Å². The molecule has 72 valence electrons. The van der Waals surface area contributed by atoms with E-state index in [1.54, 1.807) is 0 Å². The van der Waals surface area contributed by atoms with Gasteiger partial charge in [-0.3, -0.25) is 0 Å². The Labute approximate surface area is 80.7 Å². The molecular weight excluding hydrogens is 166 g/mol. The monoisotopic (exact) mass is 187 g/mol. The maximum absolute atomic E-state index is 3.54. The molecule has 1 N–H and O–H groups in total. The molecule has 1 aliphatic rings. The van der Waals surface area contributed by atoms with Crippen molar-refractivity contribution in [1.82, 2.24) is 5.32 Å². The summed E-state index contributed by atoms with van der Waals surface area (Å²) in [7, 11) is 0. The minimum atomic E-state index is 0.650. The van der Waals surface area contributed by atoms with Crippen molar-refractivity contribution < 1.29 is 0 Å². The highest BCUT2D eigenvalue weighted by molar-refractivity contribution is 7.99. The molecule has 0 amide bonds. The molecule has 0 spiro atoms. The Hall–Kier alpha value is 0.310. The van der Waals surface area contributed by atoms with Gasteiger partial charge in [0.05, 0.1) is 0 Å². The number of hydrogen-bond donors (Lipinski definition) is 1. The molecule has 0 saturated heterocycles. The molecule has 0 bridgehead atoms. The van der Waals surface area contributed by atoms with Crippen LogP contribution in [0.1, 0.15) is 33.1 Å². The predicted octanol–water partition coefficient (Wildman–Crippen LogP) is 2.52. The van der Waals surface area contributed by atoms with Crippen LogP contribution < -0.4 is 5.32 Å². The second-order valence-corrected chi connectivity index (χ2v) is 5.43. The lowest BCUT2D eigenvalue weighted by Gasteiger charge is -2.38. The van der Waals surface area contributed by atoms with Crippen molar-refractivity contribution >= 4 is 11.8 Å². The Morgan fingerprint density at radius 3 is 2.67 bits per heavy atom. The molecule has 1 saturated carbocycles. The molecule has 0 radical (unpaired) electrons. The molecule has 1 rings (SSSR count). The molecule has 0 aromatic carbocycles. The zero-order valence-corrected chi connectivity index (χ0v) is 9.17. The molecule has 2 heteroatoms. The van der Waals surface area contributed by atoms with Crippen LogP contribution in [0.15, 0.2) is 0 Å². The fraction of sp³-hybridized carbons (Fsp3) is 1.00. The van der Waals surface area contributed by atoms with Crippen molar-refractivity contribution in [3.8, 4) is 0 Å². The topological polar surface area (TPSA) is 12.0 Å². The van der Waals surface area contributed by atoms with E-state index in [1.165, 1.54) is 43.9 Å². The molecule has 12 heavy (non-hydrogen) atoms. The van der Waals surface area contributed by atoms with E-state index >= 15 is 0 Å². The lowest BCUT2D eigenvalue weighted by atomic mass is 9.70. The van der Waals surface area contributed by atoms with E-state index in [2.05, 4.69) is 19.2 Å². The average molecular weight is 187 g/mol. The van der Waals surface area contributed by atoms with Crippen molar-refractivity contribution in [1.29, 1.82) is 0 Å². The third-order valence-electron chi connectivity index (χ3n) is 2.74. The third-order valence-corrected chi connectivity index (χ3v) is 3.64. The summed E-state index contributed by atoms with van der Waals surface area (Å²) < 4.78 is 0. The number of thioether (sulfide) groups is 1. The molecule has 1 aliphatic carbocycles. The largest absolute Gasteiger partial charge is 0.315 e. The zero-order valence-electron chi connectivity index (χ0n) is 8.36. The van der Waals surface area contributed by atoms with Crippen LogP contribution in [0.4, 0.5) is 0 Å². The van der Waals surface area contributed by atoms with Crippen LogP contribution in [-0.4, -0.2) is 24.6 Å². The first-order chi connectivity index (χ1) is 5.77. The van der Waals surface area contributed by atoms with E-state index in [1.807, 2.05) is 11.8 Å². The SMILES string of the molecule is CCSCCNCC1(C)CCC1. The van der Waals surface area contributed by atoms with E-state index in [9.17, 15) is 0 Å². The molecule has 0 atom stereocenters. The zero-order chi connectivity index (χ0) is 8.86. The molecule has 0 unspecified atom stereocenters. The van der Waals surface area contributed by atoms with Crippen molar-refractivity contribution in [2.45, 2.75) is 33.1 Å². The maximum Gasteiger partial charge on any atom is 0.00580 e. The first-order valence-corrected chi connectivity index (χ1v) is 6.21. The van der Waals surface area contributed by atoms with Gasteiger partial charge in [0, 0.05) is 18.8 Å². The Kier molecular flexibility index (Phi) is 4.44. The standard InChI is InChI=1S/C10H21NS/c1-3-12-8-7-11-9-10(2)5-4-6-10/h11H,3-9H2,1-2H3. The van der Waals surface area contributed by atoms with Crippen LogP contribution in [0.25, 0.3) is 0 Å². The van der Waals surface area contributed by atoms with Crippen molar-refractivity contribution in [3.63, 3.8) is 0 Å². The summed E-state index contributed by atoms with van der Waals surface area (Å²) in [5.74, 6) is 2.52. The summed E-state index contributed by atoms with van der Waals surface area (Å²) >= 11 is 2.02. The summed E-state index contributed by atoms with van der Waals surface area (Å²) in [6, 6.07) is 0. The van der Waals surface area contributed by atoms with Gasteiger partial charge >= 0.3 is 0 Å². The quantitative estimate of drug-likeness (QED) is 0.641. The molecule has 0 heterocycles. The lowest BCUT2D eigenvalue weighted by Crippen LogP contribution is -2.38. The summed E-state index contributed by atoms with van der Waals surface area (Å²) in [5.41, 5.74) is 0.650. The summed E-state index contributed by atoms with van der Waals surface area (Å²) in [4.78, 5) is 0. The number of nitrogens with one attached hydrogen (secondary N) is 1. The Bertz CT molecular complexity index is 121. The fourth-order valence-electron chi connectivity index (χ4n) is 1.64. The number of rotatable bonds is 6. The minimum Gasteiger partial charge on any atom is -0.315 e. The molecule has 0 aromatic heterocycles. The Morgan fingerprint density at radius 2 is 2.17 bits per heavy atom. The fourth-order valence-corrected chi connectivity index (χ4v) is 2.21. The van der Waals surface area contributed by atoms with E-state index in [-0.39, 0.29) is 0 Å².